The normalized spacial score (nSPS) is 13.6. The van der Waals surface area contributed by atoms with Crippen LogP contribution < -0.4 is 4.74 Å². The molecular weight excluding hydrogens is 348 g/mol. The van der Waals surface area contributed by atoms with Crippen molar-refractivity contribution in [1.29, 1.82) is 0 Å². The summed E-state index contributed by atoms with van der Waals surface area (Å²) in [6, 6.07) is 5.77. The maximum atomic E-state index is 12.5. The Morgan fingerprint density at radius 2 is 2.27 bits per heavy atom. The predicted molar refractivity (Wildman–Crippen MR) is 87.5 cm³/mol. The van der Waals surface area contributed by atoms with E-state index in [-0.39, 0.29) is 18.4 Å². The summed E-state index contributed by atoms with van der Waals surface area (Å²) < 4.78 is 6.61. The third kappa shape index (κ3) is 3.68. The summed E-state index contributed by atoms with van der Waals surface area (Å²) in [6.07, 6.45) is 1.23. The number of halogens is 1. The lowest BCUT2D eigenvalue weighted by Crippen LogP contribution is -2.42. The first kappa shape index (κ1) is 16.5. The Morgan fingerprint density at radius 3 is 2.95 bits per heavy atom. The second-order valence-electron chi connectivity index (χ2n) is 4.95. The van der Waals surface area contributed by atoms with E-state index in [1.165, 1.54) is 11.0 Å². The number of amides is 2. The highest BCUT2D eigenvalue weighted by atomic mass is 79.9. The number of ether oxygens (including phenoxy) is 1. The van der Waals surface area contributed by atoms with Gasteiger partial charge in [0, 0.05) is 18.7 Å². The molecule has 22 heavy (non-hydrogen) atoms. The van der Waals surface area contributed by atoms with Crippen LogP contribution in [0.3, 0.4) is 0 Å². The molecule has 0 bridgehead atoms. The molecule has 1 aromatic carbocycles. The summed E-state index contributed by atoms with van der Waals surface area (Å²) in [5.74, 6) is 0.464. The van der Waals surface area contributed by atoms with Gasteiger partial charge in [-0.15, -0.1) is 0 Å². The van der Waals surface area contributed by atoms with E-state index >= 15 is 0 Å². The molecule has 0 radical (unpaired) electrons. The number of carbonyl (C=O) groups excluding carboxylic acids is 2. The minimum absolute atomic E-state index is 0.0602. The first-order valence-electron chi connectivity index (χ1n) is 7.16. The zero-order valence-corrected chi connectivity index (χ0v) is 14.1. The van der Waals surface area contributed by atoms with E-state index in [0.717, 1.165) is 15.8 Å². The second-order valence-corrected chi connectivity index (χ2v) is 5.80. The average molecular weight is 367 g/mol. The molecule has 118 valence electrons. The fraction of sp³-hybridized carbons (Fsp3) is 0.375. The third-order valence-corrected chi connectivity index (χ3v) is 4.19. The Kier molecular flexibility index (Phi) is 5.60. The topological polar surface area (TPSA) is 49.9 Å². The van der Waals surface area contributed by atoms with E-state index in [2.05, 4.69) is 22.5 Å². The Hall–Kier alpha value is -1.82. The lowest BCUT2D eigenvalue weighted by atomic mass is 10.2. The van der Waals surface area contributed by atoms with Gasteiger partial charge >= 0.3 is 0 Å². The smallest absolute Gasteiger partial charge is 0.246 e. The van der Waals surface area contributed by atoms with Gasteiger partial charge in [0.1, 0.15) is 18.9 Å². The number of hydrogen-bond donors (Lipinski definition) is 0. The van der Waals surface area contributed by atoms with E-state index in [4.69, 9.17) is 4.74 Å². The molecule has 0 saturated heterocycles. The molecule has 0 unspecified atom stereocenters. The molecule has 0 aromatic heterocycles. The molecule has 0 aliphatic carbocycles. The van der Waals surface area contributed by atoms with E-state index in [0.29, 0.717) is 26.2 Å². The van der Waals surface area contributed by atoms with Crippen molar-refractivity contribution >= 4 is 27.7 Å². The number of rotatable bonds is 4. The van der Waals surface area contributed by atoms with Crippen molar-refractivity contribution in [2.24, 2.45) is 0 Å². The zero-order valence-electron chi connectivity index (χ0n) is 12.5. The molecule has 0 atom stereocenters. The van der Waals surface area contributed by atoms with E-state index in [1.54, 1.807) is 4.90 Å². The van der Waals surface area contributed by atoms with Crippen LogP contribution in [-0.4, -0.2) is 47.9 Å². The van der Waals surface area contributed by atoms with Crippen molar-refractivity contribution in [2.45, 2.75) is 13.5 Å². The van der Waals surface area contributed by atoms with Gasteiger partial charge < -0.3 is 14.5 Å². The monoisotopic (exact) mass is 366 g/mol. The summed E-state index contributed by atoms with van der Waals surface area (Å²) in [6.45, 7) is 7.25. The van der Waals surface area contributed by atoms with Crippen LogP contribution in [0.25, 0.3) is 0 Å². The molecule has 0 fully saturated rings. The lowest BCUT2D eigenvalue weighted by molar-refractivity contribution is -0.138. The van der Waals surface area contributed by atoms with Crippen LogP contribution in [0.1, 0.15) is 12.5 Å². The van der Waals surface area contributed by atoms with Gasteiger partial charge in [0.25, 0.3) is 0 Å². The van der Waals surface area contributed by atoms with Crippen molar-refractivity contribution in [3.63, 3.8) is 0 Å². The number of benzene rings is 1. The molecule has 1 heterocycles. The Balaban J connectivity index is 2.11. The van der Waals surface area contributed by atoms with Gasteiger partial charge in [-0.05, 0) is 35.0 Å². The standard InChI is InChI=1S/C16H19BrN2O3/c1-3-14(20)18(4-2)11-15(21)19-8-9-22-16-12(10-19)6-5-7-13(16)17/h3,5-7H,1,4,8-11H2,2H3. The highest BCUT2D eigenvalue weighted by Gasteiger charge is 2.23. The van der Waals surface area contributed by atoms with Crippen molar-refractivity contribution in [3.8, 4) is 5.75 Å². The molecule has 0 saturated carbocycles. The molecule has 1 aliphatic heterocycles. The molecule has 5 nitrogen and oxygen atoms in total. The fourth-order valence-corrected chi connectivity index (χ4v) is 2.85. The van der Waals surface area contributed by atoms with Crippen LogP contribution in [0.2, 0.25) is 0 Å². The number of nitrogens with zero attached hydrogens (tertiary/aromatic N) is 2. The molecule has 1 aromatic rings. The van der Waals surface area contributed by atoms with Crippen molar-refractivity contribution in [3.05, 3.63) is 40.9 Å². The van der Waals surface area contributed by atoms with Crippen molar-refractivity contribution in [1.82, 2.24) is 9.80 Å². The Bertz CT molecular complexity index is 589. The average Bonchev–Trinajstić information content (AvgIpc) is 2.75. The van der Waals surface area contributed by atoms with Crippen LogP contribution >= 0.6 is 15.9 Å². The number of para-hydroxylation sites is 1. The van der Waals surface area contributed by atoms with Crippen LogP contribution in [0.4, 0.5) is 0 Å². The zero-order chi connectivity index (χ0) is 16.1. The Morgan fingerprint density at radius 1 is 1.50 bits per heavy atom. The highest BCUT2D eigenvalue weighted by molar-refractivity contribution is 9.10. The SMILES string of the molecule is C=CC(=O)N(CC)CC(=O)N1CCOc2c(Br)cccc2C1. The van der Waals surface area contributed by atoms with E-state index in [9.17, 15) is 9.59 Å². The molecule has 2 rings (SSSR count). The van der Waals surface area contributed by atoms with Crippen LogP contribution in [0, 0.1) is 0 Å². The van der Waals surface area contributed by atoms with Gasteiger partial charge in [0.05, 0.1) is 11.0 Å². The van der Waals surface area contributed by atoms with Crippen LogP contribution in [-0.2, 0) is 16.1 Å². The summed E-state index contributed by atoms with van der Waals surface area (Å²) >= 11 is 3.46. The number of likely N-dealkylation sites (N-methyl/N-ethyl adjacent to an activating group) is 1. The summed E-state index contributed by atoms with van der Waals surface area (Å²) in [5.41, 5.74) is 0.957. The van der Waals surface area contributed by atoms with Gasteiger partial charge in [-0.2, -0.15) is 0 Å². The summed E-state index contributed by atoms with van der Waals surface area (Å²) in [5, 5.41) is 0. The van der Waals surface area contributed by atoms with Crippen molar-refractivity contribution in [2.75, 3.05) is 26.2 Å². The highest BCUT2D eigenvalue weighted by Crippen LogP contribution is 2.31. The summed E-state index contributed by atoms with van der Waals surface area (Å²) in [7, 11) is 0. The largest absolute Gasteiger partial charge is 0.490 e. The lowest BCUT2D eigenvalue weighted by Gasteiger charge is -2.24. The molecule has 0 spiro atoms. The van der Waals surface area contributed by atoms with Gasteiger partial charge in [0.2, 0.25) is 11.8 Å². The Labute approximate surface area is 138 Å². The quantitative estimate of drug-likeness (QED) is 0.767. The van der Waals surface area contributed by atoms with Gasteiger partial charge in [-0.1, -0.05) is 18.7 Å². The molecule has 6 heteroatoms. The molecule has 2 amide bonds. The number of carbonyl (C=O) groups is 2. The first-order valence-corrected chi connectivity index (χ1v) is 7.95. The molecule has 0 N–H and O–H groups in total. The first-order chi connectivity index (χ1) is 10.6. The van der Waals surface area contributed by atoms with Gasteiger partial charge in [-0.3, -0.25) is 9.59 Å². The van der Waals surface area contributed by atoms with E-state index in [1.807, 2.05) is 25.1 Å². The minimum Gasteiger partial charge on any atom is -0.490 e. The predicted octanol–water partition coefficient (Wildman–Crippen LogP) is 2.20. The number of fused-ring (bicyclic) bond motifs is 1. The molecular formula is C16H19BrN2O3. The van der Waals surface area contributed by atoms with E-state index < -0.39 is 0 Å². The maximum Gasteiger partial charge on any atom is 0.246 e. The second kappa shape index (κ2) is 7.45. The van der Waals surface area contributed by atoms with Crippen LogP contribution in [0.15, 0.2) is 35.3 Å². The van der Waals surface area contributed by atoms with Gasteiger partial charge in [0.15, 0.2) is 0 Å². The summed E-state index contributed by atoms with van der Waals surface area (Å²) in [4.78, 5) is 27.3. The van der Waals surface area contributed by atoms with Gasteiger partial charge in [-0.25, -0.2) is 0 Å². The number of hydrogen-bond acceptors (Lipinski definition) is 3. The van der Waals surface area contributed by atoms with Crippen molar-refractivity contribution < 1.29 is 14.3 Å². The minimum atomic E-state index is -0.231. The third-order valence-electron chi connectivity index (χ3n) is 3.56. The fourth-order valence-electron chi connectivity index (χ4n) is 2.33. The maximum absolute atomic E-state index is 12.5. The van der Waals surface area contributed by atoms with Crippen LogP contribution in [0.5, 0.6) is 5.75 Å². The molecule has 1 aliphatic rings.